The number of aliphatic hydroxyl groups is 1. The summed E-state index contributed by atoms with van der Waals surface area (Å²) < 4.78 is 11.4. The van der Waals surface area contributed by atoms with Crippen LogP contribution in [0.4, 0.5) is 0 Å². The number of benzene rings is 1. The maximum Gasteiger partial charge on any atom is 0.133 e. The van der Waals surface area contributed by atoms with E-state index in [1.165, 1.54) is 0 Å². The first kappa shape index (κ1) is 16.5. The molecule has 1 aromatic carbocycles. The van der Waals surface area contributed by atoms with Crippen molar-refractivity contribution in [2.75, 3.05) is 20.3 Å². The van der Waals surface area contributed by atoms with Crippen LogP contribution in [0, 0.1) is 5.41 Å². The number of aliphatic hydroxyl groups excluding tert-OH is 1. The Bertz CT molecular complexity index is 404. The lowest BCUT2D eigenvalue weighted by atomic mass is 9.80. The summed E-state index contributed by atoms with van der Waals surface area (Å²) in [4.78, 5) is 0. The first-order chi connectivity index (χ1) is 8.92. The normalized spacial score (nSPS) is 13.4. The zero-order chi connectivity index (χ0) is 14.5. The number of hydrogen-bond donors (Lipinski definition) is 1. The fourth-order valence-corrected chi connectivity index (χ4v) is 2.19. The molecule has 0 amide bonds. The fourth-order valence-electron chi connectivity index (χ4n) is 1.68. The molecular formula is C15H23BrO3. The summed E-state index contributed by atoms with van der Waals surface area (Å²) in [6.07, 6.45) is 0.430. The molecule has 19 heavy (non-hydrogen) atoms. The van der Waals surface area contributed by atoms with Gasteiger partial charge in [-0.2, -0.15) is 0 Å². The molecule has 0 bridgehead atoms. The number of hydrogen-bond acceptors (Lipinski definition) is 3. The molecule has 1 N–H and O–H groups in total. The van der Waals surface area contributed by atoms with Crippen LogP contribution in [0.3, 0.4) is 0 Å². The summed E-state index contributed by atoms with van der Waals surface area (Å²) in [7, 11) is 1.64. The molecule has 1 atom stereocenters. The van der Waals surface area contributed by atoms with Crippen LogP contribution in [0.2, 0.25) is 0 Å². The van der Waals surface area contributed by atoms with Gasteiger partial charge in [-0.1, -0.05) is 26.8 Å². The van der Waals surface area contributed by atoms with Crippen molar-refractivity contribution in [2.24, 2.45) is 5.41 Å². The van der Waals surface area contributed by atoms with E-state index in [1.807, 2.05) is 18.2 Å². The van der Waals surface area contributed by atoms with Gasteiger partial charge in [0.2, 0.25) is 0 Å². The van der Waals surface area contributed by atoms with Crippen molar-refractivity contribution in [1.82, 2.24) is 0 Å². The molecule has 0 spiro atoms. The van der Waals surface area contributed by atoms with Gasteiger partial charge >= 0.3 is 0 Å². The van der Waals surface area contributed by atoms with Gasteiger partial charge in [0.05, 0.1) is 17.2 Å². The molecule has 108 valence electrons. The van der Waals surface area contributed by atoms with Crippen LogP contribution in [0.5, 0.6) is 5.75 Å². The molecule has 0 saturated carbocycles. The summed E-state index contributed by atoms with van der Waals surface area (Å²) in [6.45, 7) is 7.28. The number of rotatable bonds is 7. The highest BCUT2D eigenvalue weighted by Crippen LogP contribution is 2.38. The second kappa shape index (κ2) is 7.27. The highest BCUT2D eigenvalue weighted by molar-refractivity contribution is 9.10. The van der Waals surface area contributed by atoms with Gasteiger partial charge in [-0.3, -0.25) is 0 Å². The third-order valence-electron chi connectivity index (χ3n) is 3.47. The second-order valence-corrected chi connectivity index (χ2v) is 6.13. The first-order valence-electron chi connectivity index (χ1n) is 6.51. The van der Waals surface area contributed by atoms with E-state index in [2.05, 4.69) is 36.7 Å². The van der Waals surface area contributed by atoms with Crippen LogP contribution in [0.15, 0.2) is 22.7 Å². The molecule has 1 unspecified atom stereocenters. The molecule has 0 heterocycles. The van der Waals surface area contributed by atoms with Crippen molar-refractivity contribution in [3.63, 3.8) is 0 Å². The summed E-state index contributed by atoms with van der Waals surface area (Å²) >= 11 is 3.48. The fraction of sp³-hybridized carbons (Fsp3) is 0.600. The van der Waals surface area contributed by atoms with Gasteiger partial charge in [0.1, 0.15) is 12.4 Å². The van der Waals surface area contributed by atoms with Gasteiger partial charge in [-0.15, -0.1) is 0 Å². The van der Waals surface area contributed by atoms with Crippen molar-refractivity contribution >= 4 is 15.9 Å². The highest BCUT2D eigenvalue weighted by atomic mass is 79.9. The van der Waals surface area contributed by atoms with Crippen molar-refractivity contribution in [3.8, 4) is 5.75 Å². The van der Waals surface area contributed by atoms with Gasteiger partial charge < -0.3 is 14.6 Å². The number of methoxy groups -OCH3 is 1. The third kappa shape index (κ3) is 4.48. The van der Waals surface area contributed by atoms with Crippen molar-refractivity contribution in [1.29, 1.82) is 0 Å². The molecule has 0 radical (unpaired) electrons. The minimum absolute atomic E-state index is 0.141. The SMILES string of the molecule is CCC(C)(C)C(O)c1ccc(OCCOC)c(Br)c1. The van der Waals surface area contributed by atoms with E-state index in [1.54, 1.807) is 7.11 Å². The molecule has 0 fully saturated rings. The Kier molecular flexibility index (Phi) is 6.30. The zero-order valence-electron chi connectivity index (χ0n) is 12.1. The summed E-state index contributed by atoms with van der Waals surface area (Å²) in [5.74, 6) is 0.766. The minimum Gasteiger partial charge on any atom is -0.490 e. The van der Waals surface area contributed by atoms with E-state index in [4.69, 9.17) is 9.47 Å². The van der Waals surface area contributed by atoms with Gasteiger partial charge in [0.25, 0.3) is 0 Å². The van der Waals surface area contributed by atoms with E-state index in [9.17, 15) is 5.11 Å². The maximum atomic E-state index is 10.4. The van der Waals surface area contributed by atoms with Crippen LogP contribution >= 0.6 is 15.9 Å². The van der Waals surface area contributed by atoms with Crippen LogP contribution in [0.25, 0.3) is 0 Å². The molecule has 0 saturated heterocycles. The Hall–Kier alpha value is -0.580. The van der Waals surface area contributed by atoms with Gasteiger partial charge in [-0.05, 0) is 45.5 Å². The predicted octanol–water partition coefficient (Wildman–Crippen LogP) is 3.94. The lowest BCUT2D eigenvalue weighted by molar-refractivity contribution is 0.0464. The zero-order valence-corrected chi connectivity index (χ0v) is 13.7. The topological polar surface area (TPSA) is 38.7 Å². The van der Waals surface area contributed by atoms with Crippen LogP contribution in [-0.2, 0) is 4.74 Å². The van der Waals surface area contributed by atoms with E-state index < -0.39 is 6.10 Å². The smallest absolute Gasteiger partial charge is 0.133 e. The Labute approximate surface area is 124 Å². The minimum atomic E-state index is -0.484. The van der Waals surface area contributed by atoms with Crippen molar-refractivity contribution in [3.05, 3.63) is 28.2 Å². The molecule has 3 nitrogen and oxygen atoms in total. The molecule has 0 aliphatic heterocycles. The summed E-state index contributed by atoms with van der Waals surface area (Å²) in [5, 5.41) is 10.4. The van der Waals surface area contributed by atoms with Gasteiger partial charge in [-0.25, -0.2) is 0 Å². The number of ether oxygens (including phenoxy) is 2. The maximum absolute atomic E-state index is 10.4. The van der Waals surface area contributed by atoms with E-state index in [-0.39, 0.29) is 5.41 Å². The van der Waals surface area contributed by atoms with Gasteiger partial charge in [0.15, 0.2) is 0 Å². The Morgan fingerprint density at radius 2 is 2.00 bits per heavy atom. The molecule has 1 aromatic rings. The summed E-state index contributed by atoms with van der Waals surface area (Å²) in [6, 6.07) is 5.71. The van der Waals surface area contributed by atoms with Crippen LogP contribution < -0.4 is 4.74 Å². The molecule has 0 aromatic heterocycles. The monoisotopic (exact) mass is 330 g/mol. The Morgan fingerprint density at radius 3 is 2.53 bits per heavy atom. The Morgan fingerprint density at radius 1 is 1.32 bits per heavy atom. The third-order valence-corrected chi connectivity index (χ3v) is 4.09. The standard InChI is InChI=1S/C15H23BrO3/c1-5-15(2,3)14(17)11-6-7-13(12(16)10-11)19-9-8-18-4/h6-7,10,14,17H,5,8-9H2,1-4H3. The van der Waals surface area contributed by atoms with Crippen LogP contribution in [-0.4, -0.2) is 25.4 Å². The molecule has 0 aliphatic rings. The number of halogens is 1. The Balaban J connectivity index is 2.81. The average Bonchev–Trinajstić information content (AvgIpc) is 2.40. The van der Waals surface area contributed by atoms with E-state index in [0.29, 0.717) is 13.2 Å². The predicted molar refractivity (Wildman–Crippen MR) is 80.5 cm³/mol. The lowest BCUT2D eigenvalue weighted by Crippen LogP contribution is -2.21. The van der Waals surface area contributed by atoms with Crippen LogP contribution in [0.1, 0.15) is 38.9 Å². The quantitative estimate of drug-likeness (QED) is 0.769. The van der Waals surface area contributed by atoms with E-state index >= 15 is 0 Å². The molecular weight excluding hydrogens is 308 g/mol. The lowest BCUT2D eigenvalue weighted by Gasteiger charge is -2.29. The molecule has 0 aliphatic carbocycles. The molecule has 1 rings (SSSR count). The average molecular weight is 331 g/mol. The largest absolute Gasteiger partial charge is 0.490 e. The highest BCUT2D eigenvalue weighted by Gasteiger charge is 2.27. The van der Waals surface area contributed by atoms with Crippen molar-refractivity contribution < 1.29 is 14.6 Å². The van der Waals surface area contributed by atoms with E-state index in [0.717, 1.165) is 22.2 Å². The first-order valence-corrected chi connectivity index (χ1v) is 7.31. The second-order valence-electron chi connectivity index (χ2n) is 5.28. The van der Waals surface area contributed by atoms with Gasteiger partial charge in [0, 0.05) is 7.11 Å². The molecule has 4 heteroatoms. The summed E-state index contributed by atoms with van der Waals surface area (Å²) in [5.41, 5.74) is 0.760. The van der Waals surface area contributed by atoms with Crippen molar-refractivity contribution in [2.45, 2.75) is 33.3 Å².